The maximum absolute atomic E-state index is 12.1. The van der Waals surface area contributed by atoms with E-state index in [0.717, 1.165) is 4.47 Å². The van der Waals surface area contributed by atoms with E-state index in [9.17, 15) is 9.59 Å². The lowest BCUT2D eigenvalue weighted by Gasteiger charge is -2.08. The molecular weight excluding hydrogens is 402 g/mol. The highest BCUT2D eigenvalue weighted by atomic mass is 79.9. The van der Waals surface area contributed by atoms with E-state index >= 15 is 0 Å². The van der Waals surface area contributed by atoms with Crippen LogP contribution < -0.4 is 9.47 Å². The highest BCUT2D eigenvalue weighted by Crippen LogP contribution is 2.30. The number of aliphatic imine (C=N–C) groups is 1. The van der Waals surface area contributed by atoms with Crippen molar-refractivity contribution in [1.29, 1.82) is 0 Å². The topological polar surface area (TPSA) is 74.2 Å². The number of benzene rings is 2. The van der Waals surface area contributed by atoms with Gasteiger partial charge in [-0.15, -0.1) is 0 Å². The zero-order valence-electron chi connectivity index (χ0n) is 14.0. The molecule has 0 bridgehead atoms. The maximum atomic E-state index is 12.1. The minimum absolute atomic E-state index is 0.155. The smallest absolute Gasteiger partial charge is 0.363 e. The third-order valence-corrected chi connectivity index (χ3v) is 3.99. The first-order chi connectivity index (χ1) is 12.5. The van der Waals surface area contributed by atoms with Gasteiger partial charge in [0.05, 0.1) is 7.11 Å². The number of hydrogen-bond acceptors (Lipinski definition) is 6. The molecule has 0 saturated heterocycles. The molecule has 0 aliphatic carbocycles. The van der Waals surface area contributed by atoms with Gasteiger partial charge < -0.3 is 14.2 Å². The normalized spacial score (nSPS) is 14.8. The number of carbonyl (C=O) groups is 2. The van der Waals surface area contributed by atoms with Gasteiger partial charge in [-0.2, -0.15) is 0 Å². The summed E-state index contributed by atoms with van der Waals surface area (Å²) in [7, 11) is 1.48. The van der Waals surface area contributed by atoms with Crippen molar-refractivity contribution in [2.75, 3.05) is 7.11 Å². The zero-order valence-corrected chi connectivity index (χ0v) is 15.6. The Hall–Kier alpha value is -2.93. The summed E-state index contributed by atoms with van der Waals surface area (Å²) in [5.41, 5.74) is 1.47. The molecule has 7 heteroatoms. The summed E-state index contributed by atoms with van der Waals surface area (Å²) in [6, 6.07) is 12.2. The number of esters is 2. The van der Waals surface area contributed by atoms with Crippen LogP contribution in [0.4, 0.5) is 0 Å². The molecule has 0 aromatic heterocycles. The molecule has 1 aliphatic rings. The standard InChI is InChI=1S/C19H14BrNO5/c1-11(22)25-17-10-12(3-8-16(17)24-2)9-15-19(23)26-18(21-15)13-4-6-14(20)7-5-13/h3-10H,1-2H3. The Morgan fingerprint density at radius 2 is 1.88 bits per heavy atom. The number of methoxy groups -OCH3 is 1. The Morgan fingerprint density at radius 3 is 2.54 bits per heavy atom. The van der Waals surface area contributed by atoms with Crippen molar-refractivity contribution in [3.05, 3.63) is 63.8 Å². The second kappa shape index (κ2) is 7.53. The average Bonchev–Trinajstić information content (AvgIpc) is 2.96. The molecule has 0 radical (unpaired) electrons. The van der Waals surface area contributed by atoms with Crippen molar-refractivity contribution in [3.63, 3.8) is 0 Å². The number of hydrogen-bond donors (Lipinski definition) is 0. The van der Waals surface area contributed by atoms with Crippen molar-refractivity contribution >= 4 is 39.8 Å². The van der Waals surface area contributed by atoms with Crippen molar-refractivity contribution in [2.45, 2.75) is 6.92 Å². The molecule has 0 fully saturated rings. The Morgan fingerprint density at radius 1 is 1.15 bits per heavy atom. The molecule has 6 nitrogen and oxygen atoms in total. The third kappa shape index (κ3) is 4.00. The maximum Gasteiger partial charge on any atom is 0.363 e. The molecule has 0 amide bonds. The fourth-order valence-corrected chi connectivity index (χ4v) is 2.56. The molecular formula is C19H14BrNO5. The minimum atomic E-state index is -0.548. The van der Waals surface area contributed by atoms with Crippen molar-refractivity contribution in [3.8, 4) is 11.5 Å². The fraction of sp³-hybridized carbons (Fsp3) is 0.105. The molecule has 0 saturated carbocycles. The highest BCUT2D eigenvalue weighted by Gasteiger charge is 2.24. The summed E-state index contributed by atoms with van der Waals surface area (Å²) in [4.78, 5) is 27.6. The largest absolute Gasteiger partial charge is 0.493 e. The lowest BCUT2D eigenvalue weighted by Crippen LogP contribution is -2.05. The van der Waals surface area contributed by atoms with Crippen LogP contribution in [0, 0.1) is 0 Å². The molecule has 1 heterocycles. The van der Waals surface area contributed by atoms with Gasteiger partial charge in [0.1, 0.15) is 0 Å². The summed E-state index contributed by atoms with van der Waals surface area (Å²) >= 11 is 3.35. The molecule has 2 aromatic rings. The Balaban J connectivity index is 1.92. The van der Waals surface area contributed by atoms with Gasteiger partial charge in [0, 0.05) is 17.0 Å². The minimum Gasteiger partial charge on any atom is -0.493 e. The Bertz CT molecular complexity index is 931. The van der Waals surface area contributed by atoms with Crippen molar-refractivity contribution in [1.82, 2.24) is 0 Å². The van der Waals surface area contributed by atoms with Crippen LogP contribution in [0.25, 0.3) is 6.08 Å². The van der Waals surface area contributed by atoms with Crippen LogP contribution in [-0.2, 0) is 14.3 Å². The van der Waals surface area contributed by atoms with E-state index in [1.165, 1.54) is 14.0 Å². The number of carbonyl (C=O) groups excluding carboxylic acids is 2. The van der Waals surface area contributed by atoms with Gasteiger partial charge in [-0.1, -0.05) is 22.0 Å². The SMILES string of the molecule is COc1ccc(C=C2N=C(c3ccc(Br)cc3)OC2=O)cc1OC(C)=O. The second-order valence-corrected chi connectivity index (χ2v) is 6.26. The molecule has 0 N–H and O–H groups in total. The summed E-state index contributed by atoms with van der Waals surface area (Å²) in [5, 5.41) is 0. The van der Waals surface area contributed by atoms with E-state index in [-0.39, 0.29) is 17.3 Å². The van der Waals surface area contributed by atoms with Crippen LogP contribution in [0.15, 0.2) is 57.6 Å². The van der Waals surface area contributed by atoms with Crippen molar-refractivity contribution < 1.29 is 23.8 Å². The highest BCUT2D eigenvalue weighted by molar-refractivity contribution is 9.10. The van der Waals surface area contributed by atoms with Crippen LogP contribution in [0.5, 0.6) is 11.5 Å². The predicted octanol–water partition coefficient (Wildman–Crippen LogP) is 3.73. The number of halogens is 1. The van der Waals surface area contributed by atoms with Crippen LogP contribution in [0.1, 0.15) is 18.1 Å². The van der Waals surface area contributed by atoms with Crippen molar-refractivity contribution in [2.24, 2.45) is 4.99 Å². The summed E-state index contributed by atoms with van der Waals surface area (Å²) in [5.74, 6) is -0.104. The van der Waals surface area contributed by atoms with Crippen LogP contribution in [0.2, 0.25) is 0 Å². The van der Waals surface area contributed by atoms with Gasteiger partial charge in [0.25, 0.3) is 0 Å². The molecule has 132 valence electrons. The van der Waals surface area contributed by atoms with Gasteiger partial charge in [-0.05, 0) is 48.0 Å². The molecule has 0 atom stereocenters. The fourth-order valence-electron chi connectivity index (χ4n) is 2.30. The van der Waals surface area contributed by atoms with E-state index in [0.29, 0.717) is 16.9 Å². The van der Waals surface area contributed by atoms with Crippen LogP contribution in [-0.4, -0.2) is 24.9 Å². The lowest BCUT2D eigenvalue weighted by atomic mass is 10.1. The first kappa shape index (κ1) is 17.9. The van der Waals surface area contributed by atoms with Gasteiger partial charge in [-0.25, -0.2) is 9.79 Å². The molecule has 2 aromatic carbocycles. The first-order valence-corrected chi connectivity index (χ1v) is 8.40. The number of nitrogens with zero attached hydrogens (tertiary/aromatic N) is 1. The molecule has 0 unspecified atom stereocenters. The van der Waals surface area contributed by atoms with E-state index in [1.807, 2.05) is 12.1 Å². The van der Waals surface area contributed by atoms with E-state index in [1.54, 1.807) is 36.4 Å². The Labute approximate surface area is 158 Å². The molecule has 3 rings (SSSR count). The summed E-state index contributed by atoms with van der Waals surface area (Å²) < 4.78 is 16.4. The van der Waals surface area contributed by atoms with Crippen LogP contribution >= 0.6 is 15.9 Å². The van der Waals surface area contributed by atoms with Gasteiger partial charge in [-0.3, -0.25) is 4.79 Å². The quantitative estimate of drug-likeness (QED) is 0.432. The zero-order chi connectivity index (χ0) is 18.7. The Kier molecular flexibility index (Phi) is 5.18. The third-order valence-electron chi connectivity index (χ3n) is 3.46. The number of cyclic esters (lactones) is 1. The van der Waals surface area contributed by atoms with Gasteiger partial charge >= 0.3 is 11.9 Å². The predicted molar refractivity (Wildman–Crippen MR) is 99.1 cm³/mol. The summed E-state index contributed by atoms with van der Waals surface area (Å²) in [6.45, 7) is 1.30. The van der Waals surface area contributed by atoms with Gasteiger partial charge in [0.2, 0.25) is 5.90 Å². The van der Waals surface area contributed by atoms with E-state index in [4.69, 9.17) is 14.2 Å². The lowest BCUT2D eigenvalue weighted by molar-refractivity contribution is -0.132. The molecule has 1 aliphatic heterocycles. The van der Waals surface area contributed by atoms with E-state index in [2.05, 4.69) is 20.9 Å². The van der Waals surface area contributed by atoms with E-state index < -0.39 is 11.9 Å². The number of rotatable bonds is 4. The summed E-state index contributed by atoms with van der Waals surface area (Å²) in [6.07, 6.45) is 1.56. The van der Waals surface area contributed by atoms with Crippen LogP contribution in [0.3, 0.4) is 0 Å². The first-order valence-electron chi connectivity index (χ1n) is 7.61. The molecule has 0 spiro atoms. The van der Waals surface area contributed by atoms with Gasteiger partial charge in [0.15, 0.2) is 17.2 Å². The molecule has 26 heavy (non-hydrogen) atoms. The second-order valence-electron chi connectivity index (χ2n) is 5.35. The average molecular weight is 416 g/mol. The number of ether oxygens (including phenoxy) is 3. The monoisotopic (exact) mass is 415 g/mol.